The Morgan fingerprint density at radius 2 is 2.03 bits per heavy atom. The van der Waals surface area contributed by atoms with Crippen molar-refractivity contribution in [3.8, 4) is 0 Å². The lowest BCUT2D eigenvalue weighted by Gasteiger charge is -2.14. The Hall–Kier alpha value is -2.91. The van der Waals surface area contributed by atoms with Crippen LogP contribution in [0.5, 0.6) is 0 Å². The van der Waals surface area contributed by atoms with E-state index in [9.17, 15) is 9.59 Å². The first kappa shape index (κ1) is 22.9. The number of carbonyl (C=O) groups is 1. The third kappa shape index (κ3) is 3.96. The van der Waals surface area contributed by atoms with Crippen molar-refractivity contribution >= 4 is 34.2 Å². The summed E-state index contributed by atoms with van der Waals surface area (Å²) in [5.74, 6) is 0.807. The Bertz CT molecular complexity index is 1430. The van der Waals surface area contributed by atoms with Crippen molar-refractivity contribution in [2.75, 3.05) is 12.4 Å². The van der Waals surface area contributed by atoms with Crippen LogP contribution >= 0.6 is 11.8 Å². The molecule has 178 valence electrons. The number of thioether (sulfide) groups is 1. The molecule has 1 atom stereocenters. The van der Waals surface area contributed by atoms with Crippen LogP contribution in [0.15, 0.2) is 40.3 Å². The molecule has 5 rings (SSSR count). The van der Waals surface area contributed by atoms with Gasteiger partial charge in [0.2, 0.25) is 5.78 Å². The van der Waals surface area contributed by atoms with E-state index in [1.54, 1.807) is 4.57 Å². The Morgan fingerprint density at radius 3 is 2.79 bits per heavy atom. The Morgan fingerprint density at radius 1 is 1.21 bits per heavy atom. The summed E-state index contributed by atoms with van der Waals surface area (Å²) in [7, 11) is 0. The molecular formula is C25H29N5O3S. The first-order chi connectivity index (χ1) is 16.5. The maximum atomic E-state index is 13.2. The highest BCUT2D eigenvalue weighted by atomic mass is 32.2. The summed E-state index contributed by atoms with van der Waals surface area (Å²) in [5.41, 5.74) is 3.48. The van der Waals surface area contributed by atoms with Gasteiger partial charge in [-0.2, -0.15) is 0 Å². The van der Waals surface area contributed by atoms with Crippen LogP contribution in [-0.2, 0) is 17.8 Å². The number of rotatable bonds is 8. The molecule has 0 amide bonds. The van der Waals surface area contributed by atoms with Gasteiger partial charge < -0.3 is 9.30 Å². The monoisotopic (exact) mass is 479 g/mol. The number of aryl methyl sites for hydroxylation is 2. The third-order valence-electron chi connectivity index (χ3n) is 6.54. The molecule has 1 saturated heterocycles. The molecule has 1 aromatic carbocycles. The first-order valence-electron chi connectivity index (χ1n) is 11.8. The van der Waals surface area contributed by atoms with E-state index in [0.29, 0.717) is 22.9 Å². The van der Waals surface area contributed by atoms with Crippen LogP contribution in [0.3, 0.4) is 0 Å². The molecule has 3 aromatic heterocycles. The summed E-state index contributed by atoms with van der Waals surface area (Å²) in [4.78, 5) is 26.2. The number of ketones is 1. The predicted octanol–water partition coefficient (Wildman–Crippen LogP) is 4.03. The largest absolute Gasteiger partial charge is 0.376 e. The molecule has 9 heteroatoms. The fourth-order valence-electron chi connectivity index (χ4n) is 4.82. The maximum Gasteiger partial charge on any atom is 0.262 e. The summed E-state index contributed by atoms with van der Waals surface area (Å²) in [6, 6.07) is 9.45. The average molecular weight is 480 g/mol. The Labute approximate surface area is 201 Å². The average Bonchev–Trinajstić information content (AvgIpc) is 3.57. The number of para-hydroxylation sites is 1. The zero-order valence-electron chi connectivity index (χ0n) is 19.8. The van der Waals surface area contributed by atoms with Crippen LogP contribution in [0.1, 0.15) is 47.9 Å². The number of ether oxygens (including phenoxy) is 1. The molecule has 0 N–H and O–H groups in total. The summed E-state index contributed by atoms with van der Waals surface area (Å²) in [6.07, 6.45) is 3.19. The van der Waals surface area contributed by atoms with Gasteiger partial charge in [-0.25, -0.2) is 0 Å². The van der Waals surface area contributed by atoms with Gasteiger partial charge in [0.05, 0.1) is 22.8 Å². The van der Waals surface area contributed by atoms with Crippen LogP contribution < -0.4 is 5.56 Å². The van der Waals surface area contributed by atoms with Gasteiger partial charge in [-0.1, -0.05) is 30.8 Å². The van der Waals surface area contributed by atoms with E-state index in [2.05, 4.69) is 14.8 Å². The van der Waals surface area contributed by atoms with Crippen molar-refractivity contribution in [3.05, 3.63) is 57.6 Å². The van der Waals surface area contributed by atoms with Crippen LogP contribution in [0.4, 0.5) is 0 Å². The number of carbonyl (C=O) groups excluding carboxylic acids is 1. The molecule has 1 aliphatic heterocycles. The molecular weight excluding hydrogens is 450 g/mol. The number of Topliss-reactive ketones (excluding diaryl/α,β-unsaturated/α-hetero) is 1. The van der Waals surface area contributed by atoms with Gasteiger partial charge in [0.1, 0.15) is 0 Å². The van der Waals surface area contributed by atoms with E-state index < -0.39 is 0 Å². The number of hydrogen-bond donors (Lipinski definition) is 0. The molecule has 4 heterocycles. The third-order valence-corrected chi connectivity index (χ3v) is 7.47. The van der Waals surface area contributed by atoms with Crippen LogP contribution in [-0.4, -0.2) is 48.0 Å². The highest BCUT2D eigenvalue weighted by Gasteiger charge is 2.22. The normalized spacial score (nSPS) is 16.1. The topological polar surface area (TPSA) is 83.4 Å². The van der Waals surface area contributed by atoms with Gasteiger partial charge in [0.25, 0.3) is 5.56 Å². The van der Waals surface area contributed by atoms with E-state index in [0.717, 1.165) is 54.9 Å². The van der Waals surface area contributed by atoms with Gasteiger partial charge in [-0.3, -0.25) is 18.6 Å². The smallest absolute Gasteiger partial charge is 0.262 e. The minimum absolute atomic E-state index is 0.0552. The predicted molar refractivity (Wildman–Crippen MR) is 133 cm³/mol. The van der Waals surface area contributed by atoms with Crippen molar-refractivity contribution in [1.29, 1.82) is 0 Å². The molecule has 1 aliphatic rings. The van der Waals surface area contributed by atoms with Crippen LogP contribution in [0, 0.1) is 13.8 Å². The molecule has 1 fully saturated rings. The SMILES string of the molecule is CCCn1c(=O)c2ccccc2n2c(SCC(=O)c3cc(C)n(C[C@@H]4CCCO4)c3C)nnc12. The van der Waals surface area contributed by atoms with Crippen molar-refractivity contribution in [3.63, 3.8) is 0 Å². The van der Waals surface area contributed by atoms with E-state index in [1.165, 1.54) is 11.8 Å². The van der Waals surface area contributed by atoms with Crippen molar-refractivity contribution in [2.24, 2.45) is 0 Å². The molecule has 0 saturated carbocycles. The minimum Gasteiger partial charge on any atom is -0.376 e. The molecule has 8 nitrogen and oxygen atoms in total. The standard InChI is InChI=1S/C25H29N5O3S/c1-4-11-28-23(32)19-9-5-6-10-21(19)30-24(28)26-27-25(30)34-15-22(31)20-13-16(2)29(17(20)3)14-18-8-7-12-33-18/h5-6,9-10,13,18H,4,7-8,11-12,14-15H2,1-3H3/t18-/m0/s1. The fourth-order valence-corrected chi connectivity index (χ4v) is 5.64. The molecule has 0 spiro atoms. The summed E-state index contributed by atoms with van der Waals surface area (Å²) in [6.45, 7) is 8.23. The minimum atomic E-state index is -0.0661. The Kier molecular flexibility index (Phi) is 6.31. The summed E-state index contributed by atoms with van der Waals surface area (Å²) in [5, 5.41) is 9.90. The lowest BCUT2D eigenvalue weighted by Crippen LogP contribution is -2.23. The maximum absolute atomic E-state index is 13.2. The second kappa shape index (κ2) is 9.38. The first-order valence-corrected chi connectivity index (χ1v) is 12.8. The van der Waals surface area contributed by atoms with Gasteiger partial charge >= 0.3 is 0 Å². The van der Waals surface area contributed by atoms with Crippen LogP contribution in [0.2, 0.25) is 0 Å². The van der Waals surface area contributed by atoms with Crippen molar-refractivity contribution < 1.29 is 9.53 Å². The van der Waals surface area contributed by atoms with Crippen molar-refractivity contribution in [2.45, 2.75) is 64.4 Å². The second-order valence-corrected chi connectivity index (χ2v) is 9.78. The number of benzene rings is 1. The van der Waals surface area contributed by atoms with Gasteiger partial charge in [0.15, 0.2) is 10.9 Å². The summed E-state index contributed by atoms with van der Waals surface area (Å²) < 4.78 is 11.5. The van der Waals surface area contributed by atoms with Crippen LogP contribution in [0.25, 0.3) is 16.7 Å². The lowest BCUT2D eigenvalue weighted by molar-refractivity contribution is 0.0957. The number of fused-ring (bicyclic) bond motifs is 3. The van der Waals surface area contributed by atoms with Gasteiger partial charge in [-0.05, 0) is 51.3 Å². The summed E-state index contributed by atoms with van der Waals surface area (Å²) >= 11 is 1.35. The molecule has 4 aromatic rings. The zero-order chi connectivity index (χ0) is 23.8. The highest BCUT2D eigenvalue weighted by molar-refractivity contribution is 7.99. The number of nitrogens with zero attached hydrogens (tertiary/aromatic N) is 5. The second-order valence-electron chi connectivity index (χ2n) is 8.83. The van der Waals surface area contributed by atoms with Gasteiger partial charge in [0, 0.05) is 36.6 Å². The lowest BCUT2D eigenvalue weighted by atomic mass is 10.2. The van der Waals surface area contributed by atoms with E-state index >= 15 is 0 Å². The molecule has 0 bridgehead atoms. The van der Waals surface area contributed by atoms with E-state index in [-0.39, 0.29) is 23.2 Å². The quantitative estimate of drug-likeness (QED) is 0.280. The fraction of sp³-hybridized carbons (Fsp3) is 0.440. The molecule has 0 unspecified atom stereocenters. The van der Waals surface area contributed by atoms with Gasteiger partial charge in [-0.15, -0.1) is 10.2 Å². The molecule has 34 heavy (non-hydrogen) atoms. The highest BCUT2D eigenvalue weighted by Crippen LogP contribution is 2.25. The number of aromatic nitrogens is 5. The van der Waals surface area contributed by atoms with Crippen molar-refractivity contribution in [1.82, 2.24) is 23.7 Å². The zero-order valence-corrected chi connectivity index (χ0v) is 20.6. The molecule has 0 aliphatic carbocycles. The Balaban J connectivity index is 1.44. The number of hydrogen-bond acceptors (Lipinski definition) is 6. The van der Waals surface area contributed by atoms with E-state index in [4.69, 9.17) is 4.74 Å². The van der Waals surface area contributed by atoms with E-state index in [1.807, 2.05) is 55.5 Å². The molecule has 0 radical (unpaired) electrons.